The minimum absolute atomic E-state index is 0.149. The number of anilines is 2. The molecule has 0 fully saturated rings. The van der Waals surface area contributed by atoms with Crippen LogP contribution in [0, 0.1) is 12.7 Å². The van der Waals surface area contributed by atoms with Crippen molar-refractivity contribution in [2.75, 3.05) is 9.44 Å². The maximum atomic E-state index is 13.8. The first-order valence-electron chi connectivity index (χ1n) is 8.88. The van der Waals surface area contributed by atoms with E-state index in [2.05, 4.69) is 9.44 Å². The minimum atomic E-state index is -4.62. The number of para-hydroxylation sites is 1. The summed E-state index contributed by atoms with van der Waals surface area (Å²) in [4.78, 5) is -0.756. The maximum Gasteiger partial charge on any atom is 0.416 e. The molecule has 0 aliphatic carbocycles. The van der Waals surface area contributed by atoms with E-state index in [1.54, 1.807) is 0 Å². The molecule has 3 aromatic carbocycles. The molecule has 2 N–H and O–H groups in total. The normalized spacial score (nSPS) is 12.4. The Morgan fingerprint density at radius 1 is 0.781 bits per heavy atom. The van der Waals surface area contributed by atoms with Gasteiger partial charge in [0.05, 0.1) is 26.7 Å². The SMILES string of the molecule is Cc1ccc(NS(=O)(=O)c2ccc(C(F)(F)F)cc2)cc1S(=O)(=O)Nc1ccccc1F. The molecule has 0 bridgehead atoms. The molecule has 170 valence electrons. The van der Waals surface area contributed by atoms with Crippen LogP contribution in [0.5, 0.6) is 0 Å². The van der Waals surface area contributed by atoms with Crippen molar-refractivity contribution in [3.8, 4) is 0 Å². The van der Waals surface area contributed by atoms with Gasteiger partial charge >= 0.3 is 6.18 Å². The van der Waals surface area contributed by atoms with Crippen LogP contribution in [0.25, 0.3) is 0 Å². The standard InChI is InChI=1S/C20H16F4N2O4S2/c1-13-6-9-15(12-19(13)32(29,30)26-18-5-3-2-4-17(18)21)25-31(27,28)16-10-7-14(8-11-16)20(22,23)24/h2-12,25-26H,1H3. The lowest BCUT2D eigenvalue weighted by Crippen LogP contribution is -2.17. The minimum Gasteiger partial charge on any atom is -0.280 e. The summed E-state index contributed by atoms with van der Waals surface area (Å²) in [6.45, 7) is 1.46. The summed E-state index contributed by atoms with van der Waals surface area (Å²) in [5, 5.41) is 0. The zero-order chi connectivity index (χ0) is 23.7. The highest BCUT2D eigenvalue weighted by molar-refractivity contribution is 7.93. The Balaban J connectivity index is 1.90. The van der Waals surface area contributed by atoms with Crippen molar-refractivity contribution < 1.29 is 34.4 Å². The molecule has 0 saturated carbocycles. The first-order valence-corrected chi connectivity index (χ1v) is 11.8. The highest BCUT2D eigenvalue weighted by Crippen LogP contribution is 2.30. The predicted octanol–water partition coefficient (Wildman–Crippen LogP) is 4.75. The fraction of sp³-hybridized carbons (Fsp3) is 0.100. The van der Waals surface area contributed by atoms with Crippen molar-refractivity contribution in [2.24, 2.45) is 0 Å². The third-order valence-corrected chi connectivity index (χ3v) is 7.24. The summed E-state index contributed by atoms with van der Waals surface area (Å²) in [6.07, 6.45) is -4.62. The van der Waals surface area contributed by atoms with Crippen LogP contribution in [0.2, 0.25) is 0 Å². The van der Waals surface area contributed by atoms with Crippen molar-refractivity contribution >= 4 is 31.4 Å². The molecule has 3 aromatic rings. The number of benzene rings is 3. The van der Waals surface area contributed by atoms with E-state index in [-0.39, 0.29) is 21.8 Å². The zero-order valence-electron chi connectivity index (χ0n) is 16.3. The summed E-state index contributed by atoms with van der Waals surface area (Å²) in [5.74, 6) is -0.798. The summed E-state index contributed by atoms with van der Waals surface area (Å²) >= 11 is 0. The fourth-order valence-corrected chi connectivity index (χ4v) is 5.12. The number of halogens is 4. The maximum absolute atomic E-state index is 13.8. The quantitative estimate of drug-likeness (QED) is 0.490. The van der Waals surface area contributed by atoms with Crippen LogP contribution in [-0.2, 0) is 26.2 Å². The molecule has 0 radical (unpaired) electrons. The predicted molar refractivity (Wildman–Crippen MR) is 111 cm³/mol. The molecule has 0 heterocycles. The smallest absolute Gasteiger partial charge is 0.280 e. The van der Waals surface area contributed by atoms with Crippen LogP contribution in [0.3, 0.4) is 0 Å². The van der Waals surface area contributed by atoms with E-state index in [0.29, 0.717) is 12.1 Å². The van der Waals surface area contributed by atoms with Gasteiger partial charge in [-0.3, -0.25) is 9.44 Å². The molecule has 0 atom stereocenters. The molecule has 12 heteroatoms. The molecule has 0 saturated heterocycles. The number of aryl methyl sites for hydroxylation is 1. The van der Waals surface area contributed by atoms with Crippen LogP contribution in [0.1, 0.15) is 11.1 Å². The van der Waals surface area contributed by atoms with Crippen LogP contribution in [0.4, 0.5) is 28.9 Å². The third-order valence-electron chi connectivity index (χ3n) is 4.34. The van der Waals surface area contributed by atoms with Crippen molar-refractivity contribution in [2.45, 2.75) is 22.9 Å². The van der Waals surface area contributed by atoms with Crippen LogP contribution in [0.15, 0.2) is 76.5 Å². The summed E-state index contributed by atoms with van der Waals surface area (Å²) in [7, 11) is -8.59. The second-order valence-electron chi connectivity index (χ2n) is 6.69. The van der Waals surface area contributed by atoms with Gasteiger partial charge < -0.3 is 0 Å². The Kier molecular flexibility index (Phi) is 6.20. The molecule has 0 unspecified atom stereocenters. The fourth-order valence-electron chi connectivity index (χ4n) is 2.73. The highest BCUT2D eigenvalue weighted by Gasteiger charge is 2.30. The van der Waals surface area contributed by atoms with Gasteiger partial charge in [-0.25, -0.2) is 21.2 Å². The van der Waals surface area contributed by atoms with Crippen LogP contribution < -0.4 is 9.44 Å². The van der Waals surface area contributed by atoms with Crippen molar-refractivity contribution in [1.82, 2.24) is 0 Å². The van der Waals surface area contributed by atoms with Gasteiger partial charge in [0.1, 0.15) is 5.82 Å². The van der Waals surface area contributed by atoms with E-state index in [4.69, 9.17) is 0 Å². The van der Waals surface area contributed by atoms with Gasteiger partial charge in [0.15, 0.2) is 0 Å². The van der Waals surface area contributed by atoms with Gasteiger partial charge in [0.2, 0.25) is 0 Å². The first-order chi connectivity index (χ1) is 14.8. The number of hydrogen-bond acceptors (Lipinski definition) is 4. The van der Waals surface area contributed by atoms with E-state index < -0.39 is 42.5 Å². The van der Waals surface area contributed by atoms with Gasteiger partial charge in [0, 0.05) is 0 Å². The van der Waals surface area contributed by atoms with E-state index in [9.17, 15) is 34.4 Å². The van der Waals surface area contributed by atoms with Crippen molar-refractivity contribution in [1.29, 1.82) is 0 Å². The molecule has 0 aliphatic heterocycles. The summed E-state index contributed by atoms with van der Waals surface area (Å²) < 4.78 is 107. The van der Waals surface area contributed by atoms with E-state index in [1.165, 1.54) is 37.3 Å². The van der Waals surface area contributed by atoms with E-state index >= 15 is 0 Å². The second-order valence-corrected chi connectivity index (χ2v) is 10.0. The molecule has 6 nitrogen and oxygen atoms in total. The van der Waals surface area contributed by atoms with Crippen LogP contribution >= 0.6 is 0 Å². The Hall–Kier alpha value is -3.12. The Bertz CT molecular complexity index is 1360. The lowest BCUT2D eigenvalue weighted by Gasteiger charge is -2.14. The lowest BCUT2D eigenvalue weighted by atomic mass is 10.2. The molecular formula is C20H16F4N2O4S2. The van der Waals surface area contributed by atoms with Crippen LogP contribution in [-0.4, -0.2) is 16.8 Å². The van der Waals surface area contributed by atoms with Gasteiger partial charge in [0.25, 0.3) is 20.0 Å². The molecular weight excluding hydrogens is 472 g/mol. The molecule has 0 spiro atoms. The average Bonchev–Trinajstić information content (AvgIpc) is 2.70. The molecule has 32 heavy (non-hydrogen) atoms. The van der Waals surface area contributed by atoms with Gasteiger partial charge in [-0.05, 0) is 61.0 Å². The zero-order valence-corrected chi connectivity index (χ0v) is 17.9. The highest BCUT2D eigenvalue weighted by atomic mass is 32.2. The number of alkyl halides is 3. The molecule has 3 rings (SSSR count). The van der Waals surface area contributed by atoms with Crippen molar-refractivity contribution in [3.05, 3.63) is 83.7 Å². The average molecular weight is 488 g/mol. The molecule has 0 amide bonds. The molecule has 0 aromatic heterocycles. The number of sulfonamides is 2. The second kappa shape index (κ2) is 8.43. The van der Waals surface area contributed by atoms with Crippen molar-refractivity contribution in [3.63, 3.8) is 0 Å². The summed E-state index contributed by atoms with van der Waals surface area (Å²) in [5.41, 5.74) is -1.20. The first kappa shape index (κ1) is 23.5. The van der Waals surface area contributed by atoms with E-state index in [0.717, 1.165) is 24.3 Å². The topological polar surface area (TPSA) is 92.3 Å². The number of hydrogen-bond donors (Lipinski definition) is 2. The molecule has 0 aliphatic rings. The number of rotatable bonds is 6. The van der Waals surface area contributed by atoms with Gasteiger partial charge in [-0.1, -0.05) is 18.2 Å². The number of nitrogens with one attached hydrogen (secondary N) is 2. The Labute approximate surface area is 182 Å². The lowest BCUT2D eigenvalue weighted by molar-refractivity contribution is -0.137. The Morgan fingerprint density at radius 3 is 2.00 bits per heavy atom. The summed E-state index contributed by atoms with van der Waals surface area (Å²) in [6, 6.07) is 11.6. The monoisotopic (exact) mass is 488 g/mol. The van der Waals surface area contributed by atoms with Gasteiger partial charge in [-0.2, -0.15) is 13.2 Å². The largest absolute Gasteiger partial charge is 0.416 e. The van der Waals surface area contributed by atoms with Gasteiger partial charge in [-0.15, -0.1) is 0 Å². The Morgan fingerprint density at radius 2 is 1.41 bits per heavy atom. The third kappa shape index (κ3) is 5.19. The van der Waals surface area contributed by atoms with E-state index in [1.807, 2.05) is 0 Å².